The second-order valence-corrected chi connectivity index (χ2v) is 6.28. The Morgan fingerprint density at radius 2 is 1.88 bits per heavy atom. The molecule has 1 aliphatic heterocycles. The molecule has 1 unspecified atom stereocenters. The summed E-state index contributed by atoms with van der Waals surface area (Å²) in [5.41, 5.74) is -0.793. The molecule has 1 heterocycles. The maximum absolute atomic E-state index is 14.4. The Hall–Kier alpha value is -1.98. The van der Waals surface area contributed by atoms with Crippen LogP contribution in [0.4, 0.5) is 17.6 Å². The van der Waals surface area contributed by atoms with Crippen LogP contribution in [0.3, 0.4) is 0 Å². The lowest BCUT2D eigenvalue weighted by atomic mass is 9.96. The zero-order valence-electron chi connectivity index (χ0n) is 15.1. The van der Waals surface area contributed by atoms with Gasteiger partial charge in [-0.3, -0.25) is 0 Å². The van der Waals surface area contributed by atoms with Crippen molar-refractivity contribution < 1.29 is 27.0 Å². The zero-order valence-corrected chi connectivity index (χ0v) is 15.1. The van der Waals surface area contributed by atoms with E-state index in [1.807, 2.05) is 0 Å². The van der Waals surface area contributed by atoms with Crippen molar-refractivity contribution in [3.8, 4) is 5.75 Å². The summed E-state index contributed by atoms with van der Waals surface area (Å²) in [6, 6.07) is 2.03. The van der Waals surface area contributed by atoms with Crippen LogP contribution < -0.4 is 4.74 Å². The summed E-state index contributed by atoms with van der Waals surface area (Å²) in [6.45, 7) is 4.13. The van der Waals surface area contributed by atoms with Gasteiger partial charge in [-0.1, -0.05) is 26.2 Å². The number of rotatable bonds is 8. The standard InChI is InChI=1S/C20H24F4O2/c1-3-5-6-7-13-8-10-16(26-12-13)20(24)18(22)14-9-11-15(25-4-2)19(23)17(14)21/h9-11,13H,3-8,12H2,1-2H3/b20-18+. The van der Waals surface area contributed by atoms with Gasteiger partial charge in [-0.25, -0.2) is 8.78 Å². The van der Waals surface area contributed by atoms with E-state index in [1.54, 1.807) is 6.92 Å². The highest BCUT2D eigenvalue weighted by atomic mass is 19.2. The highest BCUT2D eigenvalue weighted by Crippen LogP contribution is 2.34. The fraction of sp³-hybridized carbons (Fsp3) is 0.500. The molecule has 0 radical (unpaired) electrons. The lowest BCUT2D eigenvalue weighted by Gasteiger charge is -2.22. The quantitative estimate of drug-likeness (QED) is 0.384. The molecular weight excluding hydrogens is 348 g/mol. The lowest BCUT2D eigenvalue weighted by Crippen LogP contribution is -2.14. The van der Waals surface area contributed by atoms with Gasteiger partial charge >= 0.3 is 0 Å². The van der Waals surface area contributed by atoms with Crippen LogP contribution in [0, 0.1) is 17.6 Å². The molecule has 0 aliphatic carbocycles. The molecule has 0 aromatic heterocycles. The second-order valence-electron chi connectivity index (χ2n) is 6.28. The van der Waals surface area contributed by atoms with E-state index in [2.05, 4.69) is 6.92 Å². The predicted octanol–water partition coefficient (Wildman–Crippen LogP) is 6.47. The first-order chi connectivity index (χ1) is 12.5. The highest BCUT2D eigenvalue weighted by molar-refractivity contribution is 5.65. The average Bonchev–Trinajstić information content (AvgIpc) is 2.65. The van der Waals surface area contributed by atoms with E-state index >= 15 is 0 Å². The van der Waals surface area contributed by atoms with Crippen molar-refractivity contribution in [2.45, 2.75) is 46.0 Å². The summed E-state index contributed by atoms with van der Waals surface area (Å²) in [7, 11) is 0. The van der Waals surface area contributed by atoms with Gasteiger partial charge in [0, 0.05) is 0 Å². The predicted molar refractivity (Wildman–Crippen MR) is 92.9 cm³/mol. The first-order valence-corrected chi connectivity index (χ1v) is 8.99. The summed E-state index contributed by atoms with van der Waals surface area (Å²) >= 11 is 0. The minimum atomic E-state index is -1.49. The Balaban J connectivity index is 2.16. The molecular formula is C20H24F4O2. The summed E-state index contributed by atoms with van der Waals surface area (Å²) in [5, 5.41) is 0. The number of halogens is 4. The van der Waals surface area contributed by atoms with E-state index in [0.717, 1.165) is 37.8 Å². The van der Waals surface area contributed by atoms with E-state index in [-0.39, 0.29) is 30.6 Å². The van der Waals surface area contributed by atoms with Crippen LogP contribution in [0.2, 0.25) is 0 Å². The molecule has 0 saturated carbocycles. The molecule has 6 heteroatoms. The number of hydrogen-bond donors (Lipinski definition) is 0. The molecule has 1 aromatic rings. The molecule has 0 fully saturated rings. The van der Waals surface area contributed by atoms with Gasteiger partial charge in [-0.05, 0) is 43.9 Å². The second kappa shape index (κ2) is 9.64. The number of benzene rings is 1. The number of ether oxygens (including phenoxy) is 2. The van der Waals surface area contributed by atoms with Crippen LogP contribution in [0.15, 0.2) is 29.8 Å². The van der Waals surface area contributed by atoms with Gasteiger partial charge in [0.05, 0.1) is 18.8 Å². The van der Waals surface area contributed by atoms with E-state index in [0.29, 0.717) is 6.42 Å². The smallest absolute Gasteiger partial charge is 0.201 e. The maximum atomic E-state index is 14.4. The zero-order chi connectivity index (χ0) is 19.1. The van der Waals surface area contributed by atoms with Gasteiger partial charge in [0.15, 0.2) is 23.2 Å². The summed E-state index contributed by atoms with van der Waals surface area (Å²) in [6.07, 6.45) is 6.30. The summed E-state index contributed by atoms with van der Waals surface area (Å²) < 4.78 is 66.8. The summed E-state index contributed by atoms with van der Waals surface area (Å²) in [4.78, 5) is 0. The maximum Gasteiger partial charge on any atom is 0.201 e. The molecule has 2 rings (SSSR count). The molecule has 0 saturated heterocycles. The normalized spacial score (nSPS) is 18.1. The van der Waals surface area contributed by atoms with Gasteiger partial charge in [-0.15, -0.1) is 0 Å². The molecule has 144 valence electrons. The third kappa shape index (κ3) is 4.80. The van der Waals surface area contributed by atoms with E-state index in [4.69, 9.17) is 9.47 Å². The van der Waals surface area contributed by atoms with Crippen LogP contribution >= 0.6 is 0 Å². The Labute approximate surface area is 151 Å². The molecule has 1 aliphatic rings. The molecule has 0 spiro atoms. The highest BCUT2D eigenvalue weighted by Gasteiger charge is 2.25. The number of unbranched alkanes of at least 4 members (excludes halogenated alkanes) is 2. The molecule has 1 atom stereocenters. The monoisotopic (exact) mass is 372 g/mol. The average molecular weight is 372 g/mol. The van der Waals surface area contributed by atoms with Crippen molar-refractivity contribution in [1.29, 1.82) is 0 Å². The van der Waals surface area contributed by atoms with Gasteiger partial charge in [0.1, 0.15) is 0 Å². The van der Waals surface area contributed by atoms with Crippen LogP contribution in [-0.2, 0) is 4.74 Å². The van der Waals surface area contributed by atoms with Crippen LogP contribution in [-0.4, -0.2) is 13.2 Å². The van der Waals surface area contributed by atoms with Crippen molar-refractivity contribution >= 4 is 5.83 Å². The molecule has 2 nitrogen and oxygen atoms in total. The third-order valence-electron chi connectivity index (χ3n) is 4.32. The first-order valence-electron chi connectivity index (χ1n) is 8.99. The van der Waals surface area contributed by atoms with Crippen molar-refractivity contribution in [3.05, 3.63) is 47.0 Å². The van der Waals surface area contributed by atoms with Gasteiger partial charge in [0.2, 0.25) is 11.6 Å². The lowest BCUT2D eigenvalue weighted by molar-refractivity contribution is 0.138. The fourth-order valence-corrected chi connectivity index (χ4v) is 2.84. The number of allylic oxidation sites excluding steroid dienone is 2. The van der Waals surface area contributed by atoms with Crippen molar-refractivity contribution in [2.75, 3.05) is 13.2 Å². The van der Waals surface area contributed by atoms with Crippen LogP contribution in [0.5, 0.6) is 5.75 Å². The van der Waals surface area contributed by atoms with Crippen molar-refractivity contribution in [1.82, 2.24) is 0 Å². The molecule has 0 N–H and O–H groups in total. The molecule has 0 amide bonds. The van der Waals surface area contributed by atoms with Crippen molar-refractivity contribution in [2.24, 2.45) is 5.92 Å². The van der Waals surface area contributed by atoms with Crippen molar-refractivity contribution in [3.63, 3.8) is 0 Å². The first kappa shape index (κ1) is 20.3. The fourth-order valence-electron chi connectivity index (χ4n) is 2.84. The van der Waals surface area contributed by atoms with E-state index in [1.165, 1.54) is 6.08 Å². The molecule has 26 heavy (non-hydrogen) atoms. The topological polar surface area (TPSA) is 18.5 Å². The van der Waals surface area contributed by atoms with Gasteiger partial charge in [0.25, 0.3) is 0 Å². The van der Waals surface area contributed by atoms with E-state index < -0.39 is 28.9 Å². The number of hydrogen-bond acceptors (Lipinski definition) is 2. The Kier molecular flexibility index (Phi) is 7.54. The minimum Gasteiger partial charge on any atom is -0.491 e. The van der Waals surface area contributed by atoms with Crippen LogP contribution in [0.25, 0.3) is 5.83 Å². The Morgan fingerprint density at radius 3 is 2.50 bits per heavy atom. The molecule has 0 bridgehead atoms. The van der Waals surface area contributed by atoms with E-state index in [9.17, 15) is 17.6 Å². The molecule has 1 aromatic carbocycles. The largest absolute Gasteiger partial charge is 0.491 e. The summed E-state index contributed by atoms with van der Waals surface area (Å²) in [5.74, 6) is -5.98. The third-order valence-corrected chi connectivity index (χ3v) is 4.32. The Morgan fingerprint density at radius 1 is 1.12 bits per heavy atom. The van der Waals surface area contributed by atoms with Gasteiger partial charge < -0.3 is 9.47 Å². The SMILES string of the molecule is CCCCCC1CC=C(/C(F)=C(\F)c2ccc(OCC)c(F)c2F)OC1. The minimum absolute atomic E-state index is 0.128. The van der Waals surface area contributed by atoms with Gasteiger partial charge in [-0.2, -0.15) is 8.78 Å². The Bertz CT molecular complexity index is 683. The van der Waals surface area contributed by atoms with Crippen LogP contribution in [0.1, 0.15) is 51.5 Å².